The van der Waals surface area contributed by atoms with Crippen molar-refractivity contribution in [2.24, 2.45) is 5.73 Å². The molecule has 1 aliphatic heterocycles. The fourth-order valence-electron chi connectivity index (χ4n) is 2.71. The number of halogens is 1. The first-order valence-corrected chi connectivity index (χ1v) is 5.89. The highest BCUT2D eigenvalue weighted by molar-refractivity contribution is 8.93. The minimum absolute atomic E-state index is 0. The van der Waals surface area contributed by atoms with Crippen molar-refractivity contribution in [3.8, 4) is 0 Å². The van der Waals surface area contributed by atoms with Crippen molar-refractivity contribution in [3.05, 3.63) is 33.7 Å². The van der Waals surface area contributed by atoms with E-state index in [1.54, 1.807) is 4.57 Å². The summed E-state index contributed by atoms with van der Waals surface area (Å²) in [7, 11) is 0. The Hall–Kier alpha value is -1.63. The van der Waals surface area contributed by atoms with Crippen molar-refractivity contribution in [3.63, 3.8) is 0 Å². The molecule has 3 rings (SSSR count). The number of primary amides is 1. The minimum Gasteiger partial charge on any atom is -0.365 e. The number of rotatable bonds is 1. The minimum atomic E-state index is -0.754. The van der Waals surface area contributed by atoms with Gasteiger partial charge in [-0.3, -0.25) is 14.4 Å². The third kappa shape index (κ3) is 1.88. The van der Waals surface area contributed by atoms with Gasteiger partial charge in [0.1, 0.15) is 11.3 Å². The summed E-state index contributed by atoms with van der Waals surface area (Å²) in [5.74, 6) is -1.03. The normalized spacial score (nSPS) is 18.8. The Labute approximate surface area is 119 Å². The molecule has 2 aliphatic rings. The van der Waals surface area contributed by atoms with Crippen LogP contribution in [0.15, 0.2) is 17.1 Å². The van der Waals surface area contributed by atoms with Crippen molar-refractivity contribution in [1.29, 1.82) is 0 Å². The van der Waals surface area contributed by atoms with E-state index in [1.807, 2.05) is 0 Å². The van der Waals surface area contributed by atoms with E-state index in [-0.39, 0.29) is 34.0 Å². The third-order valence-corrected chi connectivity index (χ3v) is 3.92. The van der Waals surface area contributed by atoms with Crippen LogP contribution in [0.1, 0.15) is 40.1 Å². The van der Waals surface area contributed by atoms with Gasteiger partial charge in [0.2, 0.25) is 0 Å². The van der Waals surface area contributed by atoms with Crippen molar-refractivity contribution < 1.29 is 9.59 Å². The fourth-order valence-corrected chi connectivity index (χ4v) is 2.71. The number of nitrogens with two attached hydrogens (primary N) is 1. The van der Waals surface area contributed by atoms with Crippen LogP contribution in [0.5, 0.6) is 0 Å². The van der Waals surface area contributed by atoms with E-state index in [1.165, 1.54) is 12.3 Å². The van der Waals surface area contributed by atoms with Crippen molar-refractivity contribution in [2.75, 3.05) is 6.54 Å². The molecule has 102 valence electrons. The smallest absolute Gasteiger partial charge is 0.268 e. The molecular weight excluding hydrogens is 314 g/mol. The summed E-state index contributed by atoms with van der Waals surface area (Å²) in [6.45, 7) is 0.542. The van der Waals surface area contributed by atoms with Gasteiger partial charge in [-0.2, -0.15) is 0 Å². The lowest BCUT2D eigenvalue weighted by atomic mass is 9.75. The van der Waals surface area contributed by atoms with Gasteiger partial charge >= 0.3 is 0 Å². The first-order valence-electron chi connectivity index (χ1n) is 5.89. The van der Waals surface area contributed by atoms with Crippen molar-refractivity contribution in [1.82, 2.24) is 9.88 Å². The Bertz CT molecular complexity index is 619. The third-order valence-electron chi connectivity index (χ3n) is 3.92. The van der Waals surface area contributed by atoms with Crippen LogP contribution < -0.4 is 16.5 Å². The Morgan fingerprint density at radius 1 is 1.37 bits per heavy atom. The number of fused-ring (bicyclic) bond motifs is 2. The maximum atomic E-state index is 11.8. The maximum absolute atomic E-state index is 11.8. The molecule has 2 heterocycles. The zero-order chi connectivity index (χ0) is 12.9. The van der Waals surface area contributed by atoms with E-state index < -0.39 is 11.3 Å². The zero-order valence-electron chi connectivity index (χ0n) is 10.1. The van der Waals surface area contributed by atoms with E-state index in [9.17, 15) is 14.4 Å². The largest absolute Gasteiger partial charge is 0.365 e. The molecule has 1 aliphatic carbocycles. The molecule has 0 aromatic carbocycles. The van der Waals surface area contributed by atoms with Gasteiger partial charge in [0.15, 0.2) is 5.43 Å². The Morgan fingerprint density at radius 2 is 2.05 bits per heavy atom. The van der Waals surface area contributed by atoms with Gasteiger partial charge in [0.25, 0.3) is 11.8 Å². The van der Waals surface area contributed by atoms with Crippen LogP contribution in [0.25, 0.3) is 0 Å². The summed E-state index contributed by atoms with van der Waals surface area (Å²) < 4.78 is 1.76. The number of amides is 2. The monoisotopic (exact) mass is 327 g/mol. The lowest BCUT2D eigenvalue weighted by Gasteiger charge is -2.47. The van der Waals surface area contributed by atoms with Gasteiger partial charge in [0.05, 0.1) is 5.54 Å². The van der Waals surface area contributed by atoms with E-state index in [0.29, 0.717) is 12.2 Å². The lowest BCUT2D eigenvalue weighted by molar-refractivity contribution is 0.0737. The van der Waals surface area contributed by atoms with E-state index in [0.717, 1.165) is 19.3 Å². The topological polar surface area (TPSA) is 94.2 Å². The summed E-state index contributed by atoms with van der Waals surface area (Å²) in [4.78, 5) is 34.7. The summed E-state index contributed by atoms with van der Waals surface area (Å²) in [5, 5.41) is 2.79. The highest BCUT2D eigenvalue weighted by atomic mass is 79.9. The second-order valence-corrected chi connectivity index (χ2v) is 4.93. The Balaban J connectivity index is 0.00000133. The van der Waals surface area contributed by atoms with Crippen molar-refractivity contribution >= 4 is 28.8 Å². The van der Waals surface area contributed by atoms with Crippen LogP contribution >= 0.6 is 17.0 Å². The van der Waals surface area contributed by atoms with E-state index in [4.69, 9.17) is 5.73 Å². The van der Waals surface area contributed by atoms with Crippen LogP contribution in [-0.2, 0) is 5.54 Å². The van der Waals surface area contributed by atoms with Gasteiger partial charge in [-0.1, -0.05) is 0 Å². The second-order valence-electron chi connectivity index (χ2n) is 4.93. The molecule has 7 heteroatoms. The quantitative estimate of drug-likeness (QED) is 0.768. The van der Waals surface area contributed by atoms with E-state index in [2.05, 4.69) is 5.32 Å². The molecule has 2 amide bonds. The number of pyridine rings is 1. The standard InChI is InChI=1S/C12H13N3O3.BrH/c13-10(17)7-5-15-8(4-9(7)16)11(18)14-6-12(15)2-1-3-12;/h4-5H,1-3,6H2,(H2,13,17)(H,14,18);1H. The molecule has 1 saturated carbocycles. The summed E-state index contributed by atoms with van der Waals surface area (Å²) in [6, 6.07) is 1.20. The molecule has 1 fully saturated rings. The number of carbonyl (C=O) groups excluding carboxylic acids is 2. The Morgan fingerprint density at radius 3 is 2.58 bits per heavy atom. The summed E-state index contributed by atoms with van der Waals surface area (Å²) in [6.07, 6.45) is 4.38. The van der Waals surface area contributed by atoms with Gasteiger partial charge in [0, 0.05) is 18.8 Å². The number of nitrogens with one attached hydrogen (secondary N) is 1. The van der Waals surface area contributed by atoms with Gasteiger partial charge in [-0.25, -0.2) is 0 Å². The molecule has 19 heavy (non-hydrogen) atoms. The molecule has 0 radical (unpaired) electrons. The molecule has 3 N–H and O–H groups in total. The number of aromatic nitrogens is 1. The van der Waals surface area contributed by atoms with Crippen LogP contribution in [0.4, 0.5) is 0 Å². The van der Waals surface area contributed by atoms with Crippen LogP contribution in [-0.4, -0.2) is 22.9 Å². The molecule has 1 aromatic heterocycles. The Kier molecular flexibility index (Phi) is 3.25. The second kappa shape index (κ2) is 4.48. The predicted octanol–water partition coefficient (Wildman–Crippen LogP) is 0.148. The predicted molar refractivity (Wildman–Crippen MR) is 73.7 cm³/mol. The highest BCUT2D eigenvalue weighted by Crippen LogP contribution is 2.40. The van der Waals surface area contributed by atoms with Crippen LogP contribution in [0, 0.1) is 0 Å². The molecular formula is C12H14BrN3O3. The van der Waals surface area contributed by atoms with E-state index >= 15 is 0 Å². The number of hydrogen-bond acceptors (Lipinski definition) is 3. The summed E-state index contributed by atoms with van der Waals surface area (Å²) in [5.41, 5.74) is 4.76. The van der Waals surface area contributed by atoms with Gasteiger partial charge in [-0.05, 0) is 19.3 Å². The first-order chi connectivity index (χ1) is 8.53. The molecule has 0 bridgehead atoms. The molecule has 0 atom stereocenters. The number of carbonyl (C=O) groups is 2. The fraction of sp³-hybridized carbons (Fsp3) is 0.417. The first kappa shape index (κ1) is 13.8. The lowest BCUT2D eigenvalue weighted by Crippen LogP contribution is -2.56. The number of nitrogens with zero attached hydrogens (tertiary/aromatic N) is 1. The molecule has 1 aromatic rings. The van der Waals surface area contributed by atoms with Crippen LogP contribution in [0.2, 0.25) is 0 Å². The highest BCUT2D eigenvalue weighted by Gasteiger charge is 2.43. The SMILES string of the molecule is Br.NC(=O)c1cn2c(cc1=O)C(=O)NCC21CCC1. The van der Waals surface area contributed by atoms with Crippen LogP contribution in [0.3, 0.4) is 0 Å². The molecule has 0 unspecified atom stereocenters. The molecule has 0 saturated heterocycles. The molecule has 6 nitrogen and oxygen atoms in total. The zero-order valence-corrected chi connectivity index (χ0v) is 11.9. The summed E-state index contributed by atoms with van der Waals surface area (Å²) >= 11 is 0. The average molecular weight is 328 g/mol. The molecule has 1 spiro atoms. The van der Waals surface area contributed by atoms with Gasteiger partial charge in [-0.15, -0.1) is 17.0 Å². The van der Waals surface area contributed by atoms with Crippen molar-refractivity contribution in [2.45, 2.75) is 24.8 Å². The maximum Gasteiger partial charge on any atom is 0.268 e. The number of hydrogen-bond donors (Lipinski definition) is 2. The van der Waals surface area contributed by atoms with Gasteiger partial charge < -0.3 is 15.6 Å². The average Bonchev–Trinajstić information content (AvgIpc) is 2.27.